The Balaban J connectivity index is 2.06. The third kappa shape index (κ3) is 4.82. The molecule has 0 aliphatic rings. The van der Waals surface area contributed by atoms with Crippen molar-refractivity contribution in [3.05, 3.63) is 34.7 Å². The van der Waals surface area contributed by atoms with Crippen LogP contribution in [0.4, 0.5) is 10.7 Å². The van der Waals surface area contributed by atoms with E-state index in [1.807, 2.05) is 0 Å². The molecule has 26 heavy (non-hydrogen) atoms. The van der Waals surface area contributed by atoms with Crippen LogP contribution in [0.3, 0.4) is 0 Å². The Labute approximate surface area is 151 Å². The second kappa shape index (κ2) is 8.00. The molecule has 0 fully saturated rings. The van der Waals surface area contributed by atoms with Gasteiger partial charge in [-0.2, -0.15) is 0 Å². The maximum Gasteiger partial charge on any atom is 0.461 e. The van der Waals surface area contributed by atoms with Crippen LogP contribution in [0, 0.1) is 10.4 Å². The summed E-state index contributed by atoms with van der Waals surface area (Å²) in [6, 6.07) is 6.35. The fraction of sp³-hybridized carbons (Fsp3) is 0.500. The van der Waals surface area contributed by atoms with Crippen molar-refractivity contribution in [2.24, 2.45) is 5.73 Å². The number of hydrogen-bond donors (Lipinski definition) is 2. The average Bonchev–Trinajstić information content (AvgIpc) is 2.57. The van der Waals surface area contributed by atoms with Gasteiger partial charge in [0, 0.05) is 24.0 Å². The van der Waals surface area contributed by atoms with Crippen LogP contribution in [-0.2, 0) is 4.74 Å². The van der Waals surface area contributed by atoms with E-state index in [9.17, 15) is 15.2 Å². The van der Waals surface area contributed by atoms with Gasteiger partial charge < -0.3 is 25.8 Å². The minimum atomic E-state index is -0.622. The van der Waals surface area contributed by atoms with Crippen molar-refractivity contribution in [3.63, 3.8) is 0 Å². The standard InChI is InChI=1S/C16H24N6O4/c1-16(2,3)26-15(23)20(10-8-17)11-9-18-14-19-22(25)13-7-5-4-6-12(13)21(14)24/h4-7H,8-11,17H2,1-3H3,(H,18,19). The molecule has 2 rings (SSSR count). The van der Waals surface area contributed by atoms with Gasteiger partial charge >= 0.3 is 12.0 Å². The van der Waals surface area contributed by atoms with Gasteiger partial charge in [0.1, 0.15) is 5.60 Å². The molecule has 10 heteroatoms. The highest BCUT2D eigenvalue weighted by molar-refractivity contribution is 5.68. The summed E-state index contributed by atoms with van der Waals surface area (Å²) < 4.78 is 5.87. The van der Waals surface area contributed by atoms with Gasteiger partial charge in [0.2, 0.25) is 5.10 Å². The summed E-state index contributed by atoms with van der Waals surface area (Å²) in [6.07, 6.45) is -0.495. The van der Waals surface area contributed by atoms with Gasteiger partial charge in [0.15, 0.2) is 5.52 Å². The van der Waals surface area contributed by atoms with Crippen LogP contribution < -0.4 is 20.6 Å². The van der Waals surface area contributed by atoms with Gasteiger partial charge in [-0.25, -0.2) is 9.52 Å². The van der Waals surface area contributed by atoms with Crippen molar-refractivity contribution in [3.8, 4) is 0 Å². The first-order valence-corrected chi connectivity index (χ1v) is 8.27. The summed E-state index contributed by atoms with van der Waals surface area (Å²) in [5.41, 5.74) is 5.29. The van der Waals surface area contributed by atoms with E-state index >= 15 is 0 Å². The molecular weight excluding hydrogens is 340 g/mol. The maximum atomic E-state index is 12.3. The molecule has 1 amide bonds. The molecule has 1 aromatic heterocycles. The van der Waals surface area contributed by atoms with Gasteiger partial charge in [0.25, 0.3) is 5.52 Å². The lowest BCUT2D eigenvalue weighted by Gasteiger charge is -2.26. The van der Waals surface area contributed by atoms with Gasteiger partial charge in [-0.1, -0.05) is 12.1 Å². The van der Waals surface area contributed by atoms with E-state index in [-0.39, 0.29) is 36.6 Å². The first-order chi connectivity index (χ1) is 12.2. The molecule has 1 aromatic carbocycles. The number of nitrogens with one attached hydrogen (secondary N) is 1. The molecule has 0 unspecified atom stereocenters. The van der Waals surface area contributed by atoms with E-state index in [2.05, 4.69) is 10.4 Å². The summed E-state index contributed by atoms with van der Waals surface area (Å²) in [5.74, 6) is -0.143. The van der Waals surface area contributed by atoms with Gasteiger partial charge in [0.05, 0.1) is 13.1 Å². The number of nitrogens with two attached hydrogens (primary N) is 1. The zero-order valence-corrected chi connectivity index (χ0v) is 15.1. The largest absolute Gasteiger partial charge is 0.739 e. The maximum absolute atomic E-state index is 12.3. The molecule has 2 aromatic rings. The number of carbonyl (C=O) groups is 1. The third-order valence-electron chi connectivity index (χ3n) is 3.40. The highest BCUT2D eigenvalue weighted by Crippen LogP contribution is 2.10. The van der Waals surface area contributed by atoms with E-state index in [4.69, 9.17) is 10.5 Å². The average molecular weight is 364 g/mol. The Hall–Kier alpha value is -2.88. The number of aromatic nitrogens is 3. The zero-order valence-electron chi connectivity index (χ0n) is 15.1. The summed E-state index contributed by atoms with van der Waals surface area (Å²) in [6.45, 7) is 6.34. The SMILES string of the molecule is CC(C)(C)OC(=O)N(CCN)CCNc1n[n+]([O-])c2ccccc2[n+]1[O-]. The van der Waals surface area contributed by atoms with Crippen LogP contribution in [0.1, 0.15) is 20.8 Å². The molecule has 3 N–H and O–H groups in total. The van der Waals surface area contributed by atoms with E-state index < -0.39 is 11.7 Å². The fourth-order valence-electron chi connectivity index (χ4n) is 2.28. The molecule has 1 heterocycles. The second-order valence-corrected chi connectivity index (χ2v) is 6.66. The van der Waals surface area contributed by atoms with Gasteiger partial charge in [-0.05, 0) is 26.8 Å². The molecule has 0 spiro atoms. The van der Waals surface area contributed by atoms with E-state index in [0.717, 1.165) is 0 Å². The first-order valence-electron chi connectivity index (χ1n) is 8.27. The fourth-order valence-corrected chi connectivity index (χ4v) is 2.28. The normalized spacial score (nSPS) is 11.4. The second-order valence-electron chi connectivity index (χ2n) is 6.66. The molecule has 0 aliphatic carbocycles. The smallest absolute Gasteiger partial charge is 0.461 e. The van der Waals surface area contributed by atoms with Crippen LogP contribution in [0.15, 0.2) is 24.3 Å². The number of ether oxygens (including phenoxy) is 1. The Bertz CT molecular complexity index is 777. The molecule has 142 valence electrons. The molecule has 0 saturated heterocycles. The molecule has 0 aliphatic heterocycles. The summed E-state index contributed by atoms with van der Waals surface area (Å²) in [5, 5.41) is 30.7. The van der Waals surface area contributed by atoms with Crippen molar-refractivity contribution in [1.82, 2.24) is 10.00 Å². The molecule has 0 bridgehead atoms. The Morgan fingerprint density at radius 1 is 1.27 bits per heavy atom. The van der Waals surface area contributed by atoms with Crippen LogP contribution >= 0.6 is 0 Å². The van der Waals surface area contributed by atoms with Crippen molar-refractivity contribution in [2.75, 3.05) is 31.5 Å². The van der Waals surface area contributed by atoms with Gasteiger partial charge in [-0.3, -0.25) is 5.32 Å². The molecule has 10 nitrogen and oxygen atoms in total. The van der Waals surface area contributed by atoms with E-state index in [1.54, 1.807) is 32.9 Å². The number of fused-ring (bicyclic) bond motifs is 1. The zero-order chi connectivity index (χ0) is 19.3. The molecule has 0 radical (unpaired) electrons. The Morgan fingerprint density at radius 3 is 2.54 bits per heavy atom. The number of amides is 1. The first kappa shape index (κ1) is 19.4. The number of anilines is 1. The summed E-state index contributed by atoms with van der Waals surface area (Å²) in [7, 11) is 0. The molecule has 0 atom stereocenters. The molecule has 0 saturated carbocycles. The highest BCUT2D eigenvalue weighted by atomic mass is 16.6. The van der Waals surface area contributed by atoms with Crippen molar-refractivity contribution in [2.45, 2.75) is 26.4 Å². The summed E-state index contributed by atoms with van der Waals surface area (Å²) >= 11 is 0. The third-order valence-corrected chi connectivity index (χ3v) is 3.40. The molecular formula is C16H24N6O4. The monoisotopic (exact) mass is 364 g/mol. The quantitative estimate of drug-likeness (QED) is 0.548. The minimum Gasteiger partial charge on any atom is -0.739 e. The van der Waals surface area contributed by atoms with Crippen molar-refractivity contribution >= 4 is 23.1 Å². The predicted molar refractivity (Wildman–Crippen MR) is 95.0 cm³/mol. The Kier molecular flexibility index (Phi) is 5.98. The van der Waals surface area contributed by atoms with E-state index in [1.165, 1.54) is 17.0 Å². The van der Waals surface area contributed by atoms with Crippen LogP contribution in [0.25, 0.3) is 11.0 Å². The van der Waals surface area contributed by atoms with Crippen LogP contribution in [-0.4, -0.2) is 47.9 Å². The van der Waals surface area contributed by atoms with E-state index in [0.29, 0.717) is 16.1 Å². The van der Waals surface area contributed by atoms with Crippen molar-refractivity contribution in [1.29, 1.82) is 0 Å². The minimum absolute atomic E-state index is 0.143. The lowest BCUT2D eigenvalue weighted by molar-refractivity contribution is -0.672. The van der Waals surface area contributed by atoms with Crippen LogP contribution in [0.5, 0.6) is 0 Å². The number of rotatable bonds is 6. The highest BCUT2D eigenvalue weighted by Gasteiger charge is 2.23. The lowest BCUT2D eigenvalue weighted by atomic mass is 10.2. The number of hydrogen-bond acceptors (Lipinski definition) is 7. The van der Waals surface area contributed by atoms with Crippen LogP contribution in [0.2, 0.25) is 0 Å². The number of nitrogens with zero attached hydrogens (tertiary/aromatic N) is 4. The van der Waals surface area contributed by atoms with Crippen molar-refractivity contribution < 1.29 is 19.1 Å². The number of benzene rings is 1. The number of carbonyl (C=O) groups excluding carboxylic acids is 1. The predicted octanol–water partition coefficient (Wildman–Crippen LogP) is 0.109. The Morgan fingerprint density at radius 2 is 1.92 bits per heavy atom. The topological polar surface area (TPSA) is 134 Å². The lowest BCUT2D eigenvalue weighted by Crippen LogP contribution is -2.46. The summed E-state index contributed by atoms with van der Waals surface area (Å²) in [4.78, 5) is 14.0. The van der Waals surface area contributed by atoms with Gasteiger partial charge in [-0.15, -0.1) is 0 Å². The number of para-hydroxylation sites is 2.